The number of amides is 1. The van der Waals surface area contributed by atoms with E-state index in [0.717, 1.165) is 35.2 Å². The minimum absolute atomic E-state index is 0.118. The summed E-state index contributed by atoms with van der Waals surface area (Å²) in [6, 6.07) is 16.8. The van der Waals surface area contributed by atoms with Gasteiger partial charge in [0, 0.05) is 35.8 Å². The molecule has 0 unspecified atom stereocenters. The third-order valence-corrected chi connectivity index (χ3v) is 4.18. The van der Waals surface area contributed by atoms with Crippen LogP contribution in [-0.4, -0.2) is 17.4 Å². The van der Waals surface area contributed by atoms with Crippen molar-refractivity contribution in [2.45, 2.75) is 13.3 Å². The molecule has 0 atom stereocenters. The summed E-state index contributed by atoms with van der Waals surface area (Å²) in [6.07, 6.45) is 0.935. The van der Waals surface area contributed by atoms with Crippen molar-refractivity contribution in [3.05, 3.63) is 54.1 Å². The van der Waals surface area contributed by atoms with Crippen LogP contribution in [0.5, 0.6) is 0 Å². The van der Waals surface area contributed by atoms with E-state index in [9.17, 15) is 4.79 Å². The van der Waals surface area contributed by atoms with Crippen LogP contribution in [0.4, 0.5) is 5.69 Å². The molecule has 0 bridgehead atoms. The smallest absolute Gasteiger partial charge is 0.223 e. The second-order valence-corrected chi connectivity index (χ2v) is 5.54. The zero-order valence-corrected chi connectivity index (χ0v) is 11.9. The van der Waals surface area contributed by atoms with Crippen LogP contribution in [0, 0.1) is 0 Å². The van der Waals surface area contributed by atoms with Gasteiger partial charge < -0.3 is 9.88 Å². The Balaban J connectivity index is 1.85. The molecule has 3 heteroatoms. The Morgan fingerprint density at radius 2 is 1.95 bits per heavy atom. The summed E-state index contributed by atoms with van der Waals surface area (Å²) in [4.78, 5) is 17.0. The molecule has 1 amide bonds. The van der Waals surface area contributed by atoms with Crippen molar-refractivity contribution in [1.82, 2.24) is 4.98 Å². The molecule has 3 nitrogen and oxygen atoms in total. The Labute approximate surface area is 123 Å². The second kappa shape index (κ2) is 4.48. The molecule has 1 N–H and O–H groups in total. The number of fused-ring (bicyclic) bond motifs is 2. The number of carbonyl (C=O) groups is 1. The third-order valence-electron chi connectivity index (χ3n) is 4.18. The van der Waals surface area contributed by atoms with Crippen LogP contribution >= 0.6 is 0 Å². The van der Waals surface area contributed by atoms with Gasteiger partial charge in [-0.3, -0.25) is 4.79 Å². The maximum Gasteiger partial charge on any atom is 0.223 e. The minimum Gasteiger partial charge on any atom is -0.355 e. The van der Waals surface area contributed by atoms with Gasteiger partial charge in [-0.15, -0.1) is 0 Å². The second-order valence-electron chi connectivity index (χ2n) is 5.54. The molecule has 104 valence electrons. The van der Waals surface area contributed by atoms with Crippen LogP contribution in [0.3, 0.4) is 0 Å². The van der Waals surface area contributed by atoms with Crippen LogP contribution in [0.25, 0.3) is 22.2 Å². The summed E-state index contributed by atoms with van der Waals surface area (Å²) in [5, 5.41) is 1.15. The van der Waals surface area contributed by atoms with Crippen molar-refractivity contribution in [2.24, 2.45) is 0 Å². The van der Waals surface area contributed by atoms with Gasteiger partial charge in [-0.2, -0.15) is 0 Å². The SMILES string of the molecule is CC(=O)N1CCc2cc3[nH]c(-c4ccccc4)cc3cc21. The Kier molecular flexibility index (Phi) is 2.61. The van der Waals surface area contributed by atoms with Gasteiger partial charge in [0.15, 0.2) is 0 Å². The third kappa shape index (κ3) is 1.93. The zero-order valence-electron chi connectivity index (χ0n) is 11.9. The molecule has 1 aromatic heterocycles. The van der Waals surface area contributed by atoms with Crippen molar-refractivity contribution >= 4 is 22.5 Å². The largest absolute Gasteiger partial charge is 0.355 e. The van der Waals surface area contributed by atoms with Crippen LogP contribution in [-0.2, 0) is 11.2 Å². The van der Waals surface area contributed by atoms with E-state index in [1.165, 1.54) is 11.1 Å². The molecule has 0 saturated carbocycles. The number of anilines is 1. The van der Waals surface area contributed by atoms with E-state index >= 15 is 0 Å². The molecule has 3 aromatic rings. The molecular formula is C18H16N2O. The number of nitrogens with one attached hydrogen (secondary N) is 1. The van der Waals surface area contributed by atoms with Gasteiger partial charge in [0.25, 0.3) is 0 Å². The highest BCUT2D eigenvalue weighted by molar-refractivity contribution is 5.98. The predicted octanol–water partition coefficient (Wildman–Crippen LogP) is 3.74. The van der Waals surface area contributed by atoms with E-state index in [4.69, 9.17) is 0 Å². The summed E-state index contributed by atoms with van der Waals surface area (Å²) < 4.78 is 0. The van der Waals surface area contributed by atoms with Crippen molar-refractivity contribution in [3.8, 4) is 11.3 Å². The number of nitrogens with zero attached hydrogens (tertiary/aromatic N) is 1. The Morgan fingerprint density at radius 3 is 2.71 bits per heavy atom. The molecule has 4 rings (SSSR count). The zero-order chi connectivity index (χ0) is 14.4. The molecule has 0 saturated heterocycles. The van der Waals surface area contributed by atoms with Crippen molar-refractivity contribution in [3.63, 3.8) is 0 Å². The first-order chi connectivity index (χ1) is 10.2. The lowest BCUT2D eigenvalue weighted by Crippen LogP contribution is -2.25. The fourth-order valence-electron chi connectivity index (χ4n) is 3.12. The quantitative estimate of drug-likeness (QED) is 0.722. The van der Waals surface area contributed by atoms with Crippen LogP contribution in [0.2, 0.25) is 0 Å². The molecular weight excluding hydrogens is 260 g/mol. The first-order valence-electron chi connectivity index (χ1n) is 7.21. The molecule has 2 aromatic carbocycles. The lowest BCUT2D eigenvalue weighted by Gasteiger charge is -2.14. The van der Waals surface area contributed by atoms with E-state index < -0.39 is 0 Å². The Bertz CT molecular complexity index is 833. The predicted molar refractivity (Wildman–Crippen MR) is 85.5 cm³/mol. The van der Waals surface area contributed by atoms with Crippen molar-refractivity contribution in [2.75, 3.05) is 11.4 Å². The molecule has 21 heavy (non-hydrogen) atoms. The molecule has 0 spiro atoms. The lowest BCUT2D eigenvalue weighted by atomic mass is 10.1. The summed E-state index contributed by atoms with van der Waals surface area (Å²) >= 11 is 0. The van der Waals surface area contributed by atoms with Crippen LogP contribution in [0.1, 0.15) is 12.5 Å². The average Bonchev–Trinajstić information content (AvgIpc) is 3.08. The standard InChI is InChI=1S/C18H16N2O/c1-12(21)20-8-7-14-9-17-15(11-18(14)20)10-16(19-17)13-5-3-2-4-6-13/h2-6,9-11,19H,7-8H2,1H3. The molecule has 0 fully saturated rings. The topological polar surface area (TPSA) is 36.1 Å². The summed E-state index contributed by atoms with van der Waals surface area (Å²) in [6.45, 7) is 2.43. The highest BCUT2D eigenvalue weighted by atomic mass is 16.2. The van der Waals surface area contributed by atoms with Gasteiger partial charge >= 0.3 is 0 Å². The van der Waals surface area contributed by atoms with Crippen molar-refractivity contribution in [1.29, 1.82) is 0 Å². The van der Waals surface area contributed by atoms with Gasteiger partial charge in [0.2, 0.25) is 5.91 Å². The number of aromatic amines is 1. The lowest BCUT2D eigenvalue weighted by molar-refractivity contribution is -0.116. The molecule has 1 aliphatic rings. The minimum atomic E-state index is 0.118. The Morgan fingerprint density at radius 1 is 1.14 bits per heavy atom. The van der Waals surface area contributed by atoms with Gasteiger partial charge in [0.1, 0.15) is 0 Å². The first-order valence-corrected chi connectivity index (χ1v) is 7.21. The number of benzene rings is 2. The van der Waals surface area contributed by atoms with Crippen LogP contribution < -0.4 is 4.90 Å². The maximum atomic E-state index is 11.7. The monoisotopic (exact) mass is 276 g/mol. The molecule has 1 aliphatic heterocycles. The summed E-state index contributed by atoms with van der Waals surface area (Å²) in [7, 11) is 0. The summed E-state index contributed by atoms with van der Waals surface area (Å²) in [5.41, 5.74) is 5.74. The van der Waals surface area contributed by atoms with E-state index in [1.807, 2.05) is 23.1 Å². The number of carbonyl (C=O) groups excluding carboxylic acids is 1. The number of hydrogen-bond donors (Lipinski definition) is 1. The van der Waals surface area contributed by atoms with E-state index in [0.29, 0.717) is 0 Å². The normalized spacial score (nSPS) is 13.7. The van der Waals surface area contributed by atoms with Gasteiger partial charge in [-0.1, -0.05) is 30.3 Å². The highest BCUT2D eigenvalue weighted by Gasteiger charge is 2.23. The maximum absolute atomic E-state index is 11.7. The number of rotatable bonds is 1. The number of hydrogen-bond acceptors (Lipinski definition) is 1. The fourth-order valence-corrected chi connectivity index (χ4v) is 3.12. The summed E-state index contributed by atoms with van der Waals surface area (Å²) in [5.74, 6) is 0.118. The highest BCUT2D eigenvalue weighted by Crippen LogP contribution is 2.34. The van der Waals surface area contributed by atoms with E-state index in [2.05, 4.69) is 35.3 Å². The fraction of sp³-hybridized carbons (Fsp3) is 0.167. The van der Waals surface area contributed by atoms with Gasteiger partial charge in [0.05, 0.1) is 0 Å². The molecule has 0 aliphatic carbocycles. The number of aromatic nitrogens is 1. The average molecular weight is 276 g/mol. The van der Waals surface area contributed by atoms with Gasteiger partial charge in [-0.25, -0.2) is 0 Å². The van der Waals surface area contributed by atoms with E-state index in [1.54, 1.807) is 6.92 Å². The van der Waals surface area contributed by atoms with Gasteiger partial charge in [-0.05, 0) is 35.7 Å². The first kappa shape index (κ1) is 12.2. The van der Waals surface area contributed by atoms with Crippen LogP contribution in [0.15, 0.2) is 48.5 Å². The van der Waals surface area contributed by atoms with E-state index in [-0.39, 0.29) is 5.91 Å². The Hall–Kier alpha value is -2.55. The van der Waals surface area contributed by atoms with Crippen molar-refractivity contribution < 1.29 is 4.79 Å². The molecule has 0 radical (unpaired) electrons. The number of H-pyrrole nitrogens is 1. The molecule has 2 heterocycles.